The first-order valence-electron chi connectivity index (χ1n) is 5.39. The van der Waals surface area contributed by atoms with Gasteiger partial charge in [0, 0.05) is 18.9 Å². The maximum absolute atomic E-state index is 5.99. The second-order valence-corrected chi connectivity index (χ2v) is 5.38. The van der Waals surface area contributed by atoms with Gasteiger partial charge in [0.15, 0.2) is 0 Å². The Balaban J connectivity index is 2.99. The summed E-state index contributed by atoms with van der Waals surface area (Å²) in [4.78, 5) is 8.73. The van der Waals surface area contributed by atoms with Gasteiger partial charge in [-0.2, -0.15) is 0 Å². The van der Waals surface area contributed by atoms with E-state index >= 15 is 0 Å². The lowest BCUT2D eigenvalue weighted by atomic mass is 9.92. The molecule has 0 spiro atoms. The van der Waals surface area contributed by atoms with E-state index in [2.05, 4.69) is 30.7 Å². The van der Waals surface area contributed by atoms with Gasteiger partial charge in [-0.1, -0.05) is 32.4 Å². The molecule has 90 valence electrons. The summed E-state index contributed by atoms with van der Waals surface area (Å²) in [6.45, 7) is 8.31. The molecule has 0 aliphatic carbocycles. The van der Waals surface area contributed by atoms with Gasteiger partial charge in [-0.3, -0.25) is 0 Å². The van der Waals surface area contributed by atoms with Crippen LogP contribution in [-0.2, 0) is 16.6 Å². The first kappa shape index (κ1) is 13.4. The number of methoxy groups -OCH3 is 1. The van der Waals surface area contributed by atoms with Gasteiger partial charge in [-0.15, -0.1) is 0 Å². The molecule has 1 aromatic heterocycles. The maximum atomic E-state index is 5.99. The predicted molar refractivity (Wildman–Crippen MR) is 65.9 cm³/mol. The Morgan fingerprint density at radius 3 is 2.50 bits per heavy atom. The highest BCUT2D eigenvalue weighted by Crippen LogP contribution is 2.22. The Kier molecular flexibility index (Phi) is 4.28. The zero-order valence-corrected chi connectivity index (χ0v) is 11.3. The minimum atomic E-state index is -0.0162. The van der Waals surface area contributed by atoms with Gasteiger partial charge in [0.05, 0.1) is 11.8 Å². The summed E-state index contributed by atoms with van der Waals surface area (Å²) in [5.41, 5.74) is 0.947. The smallest absolute Gasteiger partial charge is 0.133 e. The van der Waals surface area contributed by atoms with Crippen molar-refractivity contribution >= 4 is 11.6 Å². The predicted octanol–water partition coefficient (Wildman–Crippen LogP) is 3.00. The summed E-state index contributed by atoms with van der Waals surface area (Å²) in [6, 6.07) is 1.82. The standard InChI is InChI=1S/C12H19ClN2O/c1-8(16-5)6-11-14-9(12(2,3)4)7-10(13)15-11/h7-8H,6H2,1-5H3. The van der Waals surface area contributed by atoms with Gasteiger partial charge in [0.1, 0.15) is 11.0 Å². The van der Waals surface area contributed by atoms with E-state index in [0.717, 1.165) is 11.5 Å². The van der Waals surface area contributed by atoms with E-state index in [0.29, 0.717) is 11.6 Å². The summed E-state index contributed by atoms with van der Waals surface area (Å²) in [5, 5.41) is 0.498. The number of hydrogen-bond acceptors (Lipinski definition) is 3. The van der Waals surface area contributed by atoms with Crippen molar-refractivity contribution in [2.45, 2.75) is 45.6 Å². The molecule has 1 rings (SSSR count). The number of halogens is 1. The average molecular weight is 243 g/mol. The minimum absolute atomic E-state index is 0.0162. The lowest BCUT2D eigenvalue weighted by Crippen LogP contribution is -2.18. The van der Waals surface area contributed by atoms with Crippen molar-refractivity contribution in [2.75, 3.05) is 7.11 Å². The van der Waals surface area contributed by atoms with Crippen LogP contribution in [0.15, 0.2) is 6.07 Å². The Morgan fingerprint density at radius 1 is 1.38 bits per heavy atom. The van der Waals surface area contributed by atoms with Gasteiger partial charge in [0.2, 0.25) is 0 Å². The Bertz CT molecular complexity index is 361. The van der Waals surface area contributed by atoms with Gasteiger partial charge in [0.25, 0.3) is 0 Å². The SMILES string of the molecule is COC(C)Cc1nc(Cl)cc(C(C)(C)C)n1. The molecular formula is C12H19ClN2O. The van der Waals surface area contributed by atoms with E-state index in [4.69, 9.17) is 16.3 Å². The third-order valence-corrected chi connectivity index (χ3v) is 2.58. The molecule has 0 fully saturated rings. The fourth-order valence-corrected chi connectivity index (χ4v) is 1.48. The number of aromatic nitrogens is 2. The van der Waals surface area contributed by atoms with Crippen molar-refractivity contribution in [3.05, 3.63) is 22.7 Å². The lowest BCUT2D eigenvalue weighted by Gasteiger charge is -2.19. The molecule has 16 heavy (non-hydrogen) atoms. The lowest BCUT2D eigenvalue weighted by molar-refractivity contribution is 0.117. The largest absolute Gasteiger partial charge is 0.381 e. The van der Waals surface area contributed by atoms with Crippen molar-refractivity contribution < 1.29 is 4.74 Å². The van der Waals surface area contributed by atoms with Crippen LogP contribution in [0.1, 0.15) is 39.2 Å². The van der Waals surface area contributed by atoms with Gasteiger partial charge >= 0.3 is 0 Å². The van der Waals surface area contributed by atoms with Crippen LogP contribution in [0.5, 0.6) is 0 Å². The van der Waals surface area contributed by atoms with Crippen LogP contribution in [0, 0.1) is 0 Å². The third kappa shape index (κ3) is 3.72. The van der Waals surface area contributed by atoms with Gasteiger partial charge < -0.3 is 4.74 Å². The van der Waals surface area contributed by atoms with Crippen molar-refractivity contribution in [1.82, 2.24) is 9.97 Å². The summed E-state index contributed by atoms with van der Waals surface area (Å²) in [7, 11) is 1.68. The topological polar surface area (TPSA) is 35.0 Å². The summed E-state index contributed by atoms with van der Waals surface area (Å²) in [6.07, 6.45) is 0.784. The van der Waals surface area contributed by atoms with Crippen LogP contribution >= 0.6 is 11.6 Å². The van der Waals surface area contributed by atoms with E-state index in [-0.39, 0.29) is 11.5 Å². The molecule has 0 aromatic carbocycles. The second-order valence-electron chi connectivity index (χ2n) is 4.99. The van der Waals surface area contributed by atoms with Crippen molar-refractivity contribution in [3.63, 3.8) is 0 Å². The molecule has 3 nitrogen and oxygen atoms in total. The second kappa shape index (κ2) is 5.11. The number of nitrogens with zero attached hydrogens (tertiary/aromatic N) is 2. The highest BCUT2D eigenvalue weighted by atomic mass is 35.5. The van der Waals surface area contributed by atoms with Crippen LogP contribution in [0.2, 0.25) is 5.15 Å². The van der Waals surface area contributed by atoms with E-state index in [1.165, 1.54) is 0 Å². The van der Waals surface area contributed by atoms with Crippen LogP contribution < -0.4 is 0 Å². The van der Waals surface area contributed by atoms with Crippen molar-refractivity contribution in [1.29, 1.82) is 0 Å². The molecule has 0 N–H and O–H groups in total. The fraction of sp³-hybridized carbons (Fsp3) is 0.667. The minimum Gasteiger partial charge on any atom is -0.381 e. The summed E-state index contributed by atoms with van der Waals surface area (Å²) < 4.78 is 5.20. The Morgan fingerprint density at radius 2 is 2.00 bits per heavy atom. The molecular weight excluding hydrogens is 224 g/mol. The molecule has 0 saturated carbocycles. The third-order valence-electron chi connectivity index (χ3n) is 2.38. The monoisotopic (exact) mass is 242 g/mol. The molecule has 0 aliphatic rings. The van der Waals surface area contributed by atoms with E-state index in [1.807, 2.05) is 13.0 Å². The number of hydrogen-bond donors (Lipinski definition) is 0. The molecule has 0 radical (unpaired) electrons. The highest BCUT2D eigenvalue weighted by Gasteiger charge is 2.18. The van der Waals surface area contributed by atoms with E-state index < -0.39 is 0 Å². The molecule has 0 saturated heterocycles. The number of rotatable bonds is 3. The quantitative estimate of drug-likeness (QED) is 0.765. The zero-order chi connectivity index (χ0) is 12.3. The summed E-state index contributed by atoms with van der Waals surface area (Å²) >= 11 is 5.99. The van der Waals surface area contributed by atoms with E-state index in [9.17, 15) is 0 Å². The average Bonchev–Trinajstić information content (AvgIpc) is 2.15. The van der Waals surface area contributed by atoms with Gasteiger partial charge in [-0.25, -0.2) is 9.97 Å². The molecule has 4 heteroatoms. The van der Waals surface area contributed by atoms with Crippen LogP contribution in [-0.4, -0.2) is 23.2 Å². The first-order valence-corrected chi connectivity index (χ1v) is 5.77. The normalized spacial score (nSPS) is 13.9. The Hall–Kier alpha value is -0.670. The highest BCUT2D eigenvalue weighted by molar-refractivity contribution is 6.29. The molecule has 0 bridgehead atoms. The van der Waals surface area contributed by atoms with Crippen molar-refractivity contribution in [2.24, 2.45) is 0 Å². The zero-order valence-electron chi connectivity index (χ0n) is 10.5. The van der Waals surface area contributed by atoms with Crippen molar-refractivity contribution in [3.8, 4) is 0 Å². The maximum Gasteiger partial charge on any atom is 0.133 e. The van der Waals surface area contributed by atoms with Crippen LogP contribution in [0.3, 0.4) is 0 Å². The molecule has 1 atom stereocenters. The van der Waals surface area contributed by atoms with Gasteiger partial charge in [-0.05, 0) is 13.0 Å². The molecule has 1 aromatic rings. The Labute approximate surface area is 102 Å². The molecule has 1 heterocycles. The first-order chi connectivity index (χ1) is 7.32. The van der Waals surface area contributed by atoms with Crippen LogP contribution in [0.4, 0.5) is 0 Å². The number of ether oxygens (including phenoxy) is 1. The molecule has 0 amide bonds. The molecule has 0 aliphatic heterocycles. The summed E-state index contributed by atoms with van der Waals surface area (Å²) in [5.74, 6) is 0.742. The molecule has 1 unspecified atom stereocenters. The fourth-order valence-electron chi connectivity index (χ4n) is 1.28. The van der Waals surface area contributed by atoms with E-state index in [1.54, 1.807) is 7.11 Å². The van der Waals surface area contributed by atoms with Crippen LogP contribution in [0.25, 0.3) is 0 Å².